The van der Waals surface area contributed by atoms with Crippen LogP contribution in [0.15, 0.2) is 27.2 Å². The molecule has 0 radical (unpaired) electrons. The van der Waals surface area contributed by atoms with Crippen molar-refractivity contribution in [1.82, 2.24) is 15.5 Å². The van der Waals surface area contributed by atoms with Gasteiger partial charge in [0.2, 0.25) is 5.89 Å². The van der Waals surface area contributed by atoms with E-state index in [1.54, 1.807) is 18.4 Å². The normalized spacial score (nSPS) is 20.9. The maximum absolute atomic E-state index is 5.53. The first kappa shape index (κ1) is 8.67. The number of nitrogens with zero attached hydrogens (tertiary/aromatic N) is 2. The molecule has 1 aliphatic heterocycles. The van der Waals surface area contributed by atoms with Crippen molar-refractivity contribution in [1.29, 1.82) is 0 Å². The van der Waals surface area contributed by atoms with Crippen molar-refractivity contribution < 1.29 is 8.83 Å². The number of hydrogen-bond donors (Lipinski definition) is 1. The Morgan fingerprint density at radius 1 is 1.40 bits per heavy atom. The number of furan rings is 1. The summed E-state index contributed by atoms with van der Waals surface area (Å²) in [6.07, 6.45) is 3.80. The average Bonchev–Trinajstić information content (AvgIpc) is 3.02. The van der Waals surface area contributed by atoms with Gasteiger partial charge in [-0.1, -0.05) is 0 Å². The van der Waals surface area contributed by atoms with Gasteiger partial charge in [0, 0.05) is 0 Å². The van der Waals surface area contributed by atoms with Gasteiger partial charge in [-0.3, -0.25) is 0 Å². The molecule has 1 unspecified atom stereocenters. The molecule has 78 valence electrons. The summed E-state index contributed by atoms with van der Waals surface area (Å²) in [6.45, 7) is 1.02. The van der Waals surface area contributed by atoms with Crippen molar-refractivity contribution in [3.8, 4) is 11.7 Å². The molecule has 1 aliphatic rings. The van der Waals surface area contributed by atoms with Crippen LogP contribution in [0.5, 0.6) is 0 Å². The molecule has 15 heavy (non-hydrogen) atoms. The van der Waals surface area contributed by atoms with Gasteiger partial charge in [-0.25, -0.2) is 0 Å². The molecule has 0 amide bonds. The van der Waals surface area contributed by atoms with Gasteiger partial charge in [0.25, 0.3) is 5.89 Å². The van der Waals surface area contributed by atoms with E-state index in [0.29, 0.717) is 17.5 Å². The first-order chi connectivity index (χ1) is 7.43. The highest BCUT2D eigenvalue weighted by atomic mass is 16.4. The van der Waals surface area contributed by atoms with Crippen molar-refractivity contribution in [2.24, 2.45) is 0 Å². The molecule has 1 saturated heterocycles. The van der Waals surface area contributed by atoms with Crippen LogP contribution in [0.1, 0.15) is 24.8 Å². The minimum absolute atomic E-state index is 0.209. The molecule has 1 atom stereocenters. The molecule has 1 N–H and O–H groups in total. The molecule has 0 aliphatic carbocycles. The van der Waals surface area contributed by atoms with Gasteiger partial charge in [0.05, 0.1) is 12.3 Å². The fourth-order valence-corrected chi connectivity index (χ4v) is 1.77. The Morgan fingerprint density at radius 3 is 3.13 bits per heavy atom. The lowest BCUT2D eigenvalue weighted by molar-refractivity contribution is 0.427. The number of hydrogen-bond acceptors (Lipinski definition) is 5. The highest BCUT2D eigenvalue weighted by Crippen LogP contribution is 2.25. The predicted octanol–water partition coefficient (Wildman–Crippen LogP) is 1.75. The minimum atomic E-state index is 0.209. The summed E-state index contributed by atoms with van der Waals surface area (Å²) >= 11 is 0. The molecule has 5 nitrogen and oxygen atoms in total. The molecular formula is C10H11N3O2. The van der Waals surface area contributed by atoms with Crippen molar-refractivity contribution >= 4 is 0 Å². The number of rotatable bonds is 2. The fourth-order valence-electron chi connectivity index (χ4n) is 1.77. The van der Waals surface area contributed by atoms with Crippen LogP contribution < -0.4 is 5.32 Å². The lowest BCUT2D eigenvalue weighted by Crippen LogP contribution is -2.12. The Balaban J connectivity index is 1.87. The molecular weight excluding hydrogens is 194 g/mol. The molecule has 0 bridgehead atoms. The van der Waals surface area contributed by atoms with Crippen molar-refractivity contribution in [3.05, 3.63) is 24.3 Å². The largest absolute Gasteiger partial charge is 0.459 e. The second kappa shape index (κ2) is 3.51. The van der Waals surface area contributed by atoms with Crippen LogP contribution in [0.4, 0.5) is 0 Å². The van der Waals surface area contributed by atoms with E-state index in [2.05, 4.69) is 15.5 Å². The van der Waals surface area contributed by atoms with E-state index in [-0.39, 0.29) is 6.04 Å². The Labute approximate surface area is 86.5 Å². The summed E-state index contributed by atoms with van der Waals surface area (Å²) in [5.41, 5.74) is 0. The average molecular weight is 205 g/mol. The second-order valence-corrected chi connectivity index (χ2v) is 3.57. The van der Waals surface area contributed by atoms with Crippen molar-refractivity contribution in [3.63, 3.8) is 0 Å². The van der Waals surface area contributed by atoms with Crippen LogP contribution >= 0.6 is 0 Å². The fraction of sp³-hybridized carbons (Fsp3) is 0.400. The monoisotopic (exact) mass is 205 g/mol. The Hall–Kier alpha value is -1.62. The van der Waals surface area contributed by atoms with Gasteiger partial charge in [-0.2, -0.15) is 0 Å². The summed E-state index contributed by atoms with van der Waals surface area (Å²) in [7, 11) is 0. The Morgan fingerprint density at radius 2 is 2.40 bits per heavy atom. The molecule has 3 rings (SSSR count). The molecule has 0 aromatic carbocycles. The van der Waals surface area contributed by atoms with Gasteiger partial charge < -0.3 is 14.2 Å². The van der Waals surface area contributed by atoms with Gasteiger partial charge in [-0.15, -0.1) is 10.2 Å². The van der Waals surface area contributed by atoms with Crippen LogP contribution in [0.25, 0.3) is 11.7 Å². The zero-order chi connectivity index (χ0) is 10.1. The van der Waals surface area contributed by atoms with Gasteiger partial charge in [0.1, 0.15) is 0 Å². The Bertz CT molecular complexity index is 429. The lowest BCUT2D eigenvalue weighted by atomic mass is 10.2. The van der Waals surface area contributed by atoms with E-state index in [1.165, 1.54) is 0 Å². The molecule has 0 spiro atoms. The highest BCUT2D eigenvalue weighted by Gasteiger charge is 2.22. The SMILES string of the molecule is c1coc(-c2nnc(C3CCCN3)o2)c1. The third kappa shape index (κ3) is 1.55. The highest BCUT2D eigenvalue weighted by molar-refractivity contribution is 5.42. The molecule has 5 heteroatoms. The standard InChI is InChI=1S/C10H11N3O2/c1-3-7(11-5-1)9-12-13-10(15-9)8-4-2-6-14-8/h2,4,6-7,11H,1,3,5H2. The summed E-state index contributed by atoms with van der Waals surface area (Å²) in [4.78, 5) is 0. The smallest absolute Gasteiger partial charge is 0.283 e. The quantitative estimate of drug-likeness (QED) is 0.809. The lowest BCUT2D eigenvalue weighted by Gasteiger charge is -2.01. The molecule has 1 fully saturated rings. The molecule has 2 aromatic rings. The van der Waals surface area contributed by atoms with Gasteiger partial charge in [0.15, 0.2) is 5.76 Å². The van der Waals surface area contributed by atoms with E-state index in [4.69, 9.17) is 8.83 Å². The maximum atomic E-state index is 5.53. The van der Waals surface area contributed by atoms with Crippen LogP contribution in [-0.4, -0.2) is 16.7 Å². The van der Waals surface area contributed by atoms with Gasteiger partial charge >= 0.3 is 0 Å². The molecule has 0 saturated carbocycles. The summed E-state index contributed by atoms with van der Waals surface area (Å²) in [6, 6.07) is 3.81. The first-order valence-electron chi connectivity index (χ1n) is 5.04. The van der Waals surface area contributed by atoms with Crippen molar-refractivity contribution in [2.75, 3.05) is 6.54 Å². The van der Waals surface area contributed by atoms with Crippen LogP contribution in [0.3, 0.4) is 0 Å². The van der Waals surface area contributed by atoms with Crippen LogP contribution in [0, 0.1) is 0 Å². The van der Waals surface area contributed by atoms with E-state index in [0.717, 1.165) is 19.4 Å². The Kier molecular flexibility index (Phi) is 2.03. The number of aromatic nitrogens is 2. The van der Waals surface area contributed by atoms with Crippen LogP contribution in [0.2, 0.25) is 0 Å². The van der Waals surface area contributed by atoms with Crippen LogP contribution in [-0.2, 0) is 0 Å². The zero-order valence-electron chi connectivity index (χ0n) is 8.14. The predicted molar refractivity (Wildman–Crippen MR) is 52.0 cm³/mol. The minimum Gasteiger partial charge on any atom is -0.459 e. The maximum Gasteiger partial charge on any atom is 0.283 e. The summed E-state index contributed by atoms with van der Waals surface area (Å²) < 4.78 is 10.7. The third-order valence-corrected chi connectivity index (χ3v) is 2.53. The topological polar surface area (TPSA) is 64.1 Å². The summed E-state index contributed by atoms with van der Waals surface area (Å²) in [5, 5.41) is 11.3. The first-order valence-corrected chi connectivity index (χ1v) is 5.04. The van der Waals surface area contributed by atoms with Crippen molar-refractivity contribution in [2.45, 2.75) is 18.9 Å². The van der Waals surface area contributed by atoms with E-state index in [1.807, 2.05) is 0 Å². The number of nitrogens with one attached hydrogen (secondary N) is 1. The third-order valence-electron chi connectivity index (χ3n) is 2.53. The van der Waals surface area contributed by atoms with E-state index >= 15 is 0 Å². The zero-order valence-corrected chi connectivity index (χ0v) is 8.14. The second-order valence-electron chi connectivity index (χ2n) is 3.57. The van der Waals surface area contributed by atoms with Gasteiger partial charge in [-0.05, 0) is 31.5 Å². The molecule has 2 aromatic heterocycles. The van der Waals surface area contributed by atoms with E-state index in [9.17, 15) is 0 Å². The molecule has 3 heterocycles. The summed E-state index contributed by atoms with van der Waals surface area (Å²) in [5.74, 6) is 1.72. The van der Waals surface area contributed by atoms with E-state index < -0.39 is 0 Å².